The van der Waals surface area contributed by atoms with E-state index in [0.717, 1.165) is 47.3 Å². The summed E-state index contributed by atoms with van der Waals surface area (Å²) >= 11 is 6.28. The van der Waals surface area contributed by atoms with Crippen LogP contribution in [0.1, 0.15) is 43.1 Å². The molecule has 1 amide bonds. The molecule has 1 unspecified atom stereocenters. The van der Waals surface area contributed by atoms with E-state index in [1.807, 2.05) is 61.2 Å². The lowest BCUT2D eigenvalue weighted by Crippen LogP contribution is -2.41. The fourth-order valence-corrected chi connectivity index (χ4v) is 4.56. The Balaban J connectivity index is 1.65. The SMILES string of the molecule is CC(C)OC(=O)N1CCc2c([nH]c3ccc(Cl)cc23)C1c1ccc(OCCCN(C)C)cc1. The fourth-order valence-electron chi connectivity index (χ4n) is 4.39. The molecule has 0 aliphatic carbocycles. The van der Waals surface area contributed by atoms with Crippen molar-refractivity contribution in [1.29, 1.82) is 0 Å². The summed E-state index contributed by atoms with van der Waals surface area (Å²) in [5.41, 5.74) is 4.25. The number of carbonyl (C=O) groups excluding carboxylic acids is 1. The van der Waals surface area contributed by atoms with E-state index >= 15 is 0 Å². The molecule has 0 radical (unpaired) electrons. The van der Waals surface area contributed by atoms with Crippen molar-refractivity contribution in [2.45, 2.75) is 38.8 Å². The second-order valence-corrected chi connectivity index (χ2v) is 9.50. The lowest BCUT2D eigenvalue weighted by molar-refractivity contribution is 0.0655. The van der Waals surface area contributed by atoms with Crippen LogP contribution < -0.4 is 4.74 Å². The first-order chi connectivity index (χ1) is 15.8. The molecule has 2 aromatic carbocycles. The van der Waals surface area contributed by atoms with Crippen LogP contribution in [0.5, 0.6) is 5.75 Å². The molecule has 1 N–H and O–H groups in total. The van der Waals surface area contributed by atoms with Gasteiger partial charge < -0.3 is 19.4 Å². The van der Waals surface area contributed by atoms with Gasteiger partial charge in [0.25, 0.3) is 0 Å². The number of carbonyl (C=O) groups is 1. The fraction of sp³-hybridized carbons (Fsp3) is 0.423. The molecule has 1 aliphatic heterocycles. The number of H-pyrrole nitrogens is 1. The topological polar surface area (TPSA) is 57.8 Å². The Kier molecular flexibility index (Phi) is 7.15. The number of ether oxygens (including phenoxy) is 2. The molecule has 0 saturated carbocycles. The molecule has 0 fully saturated rings. The van der Waals surface area contributed by atoms with Crippen molar-refractivity contribution < 1.29 is 14.3 Å². The smallest absolute Gasteiger partial charge is 0.410 e. The first-order valence-electron chi connectivity index (χ1n) is 11.5. The summed E-state index contributed by atoms with van der Waals surface area (Å²) < 4.78 is 11.5. The van der Waals surface area contributed by atoms with Gasteiger partial charge in [-0.3, -0.25) is 4.90 Å². The predicted molar refractivity (Wildman–Crippen MR) is 132 cm³/mol. The molecule has 1 aromatic heterocycles. The minimum Gasteiger partial charge on any atom is -0.494 e. The summed E-state index contributed by atoms with van der Waals surface area (Å²) in [5.74, 6) is 0.827. The monoisotopic (exact) mass is 469 g/mol. The van der Waals surface area contributed by atoms with Crippen molar-refractivity contribution in [2.75, 3.05) is 33.8 Å². The number of rotatable bonds is 7. The molecule has 0 spiro atoms. The number of aromatic amines is 1. The molecule has 4 rings (SSSR count). The number of amides is 1. The third kappa shape index (κ3) is 5.28. The summed E-state index contributed by atoms with van der Waals surface area (Å²) in [6, 6.07) is 13.6. The molecule has 7 heteroatoms. The standard InChI is InChI=1S/C26H32ClN3O3/c1-17(2)33-26(31)30-14-12-21-22-16-19(27)8-11-23(22)28-24(21)25(30)18-6-9-20(10-7-18)32-15-5-13-29(3)4/h6-11,16-17,25,28H,5,12-15H2,1-4H3. The van der Waals surface area contributed by atoms with Gasteiger partial charge in [-0.05, 0) is 82.2 Å². The van der Waals surface area contributed by atoms with Gasteiger partial charge in [-0.2, -0.15) is 0 Å². The molecule has 2 heterocycles. The molecule has 0 saturated heterocycles. The number of halogens is 1. The van der Waals surface area contributed by atoms with Crippen LogP contribution in [-0.4, -0.2) is 60.8 Å². The van der Waals surface area contributed by atoms with E-state index in [9.17, 15) is 4.79 Å². The average Bonchev–Trinajstić information content (AvgIpc) is 3.14. The summed E-state index contributed by atoms with van der Waals surface area (Å²) in [5, 5.41) is 1.82. The highest BCUT2D eigenvalue weighted by molar-refractivity contribution is 6.31. The van der Waals surface area contributed by atoms with E-state index < -0.39 is 0 Å². The zero-order chi connectivity index (χ0) is 23.5. The first-order valence-corrected chi connectivity index (χ1v) is 11.9. The van der Waals surface area contributed by atoms with E-state index in [4.69, 9.17) is 21.1 Å². The van der Waals surface area contributed by atoms with Crippen LogP contribution in [0.2, 0.25) is 5.02 Å². The van der Waals surface area contributed by atoms with Crippen molar-refractivity contribution in [3.8, 4) is 5.75 Å². The van der Waals surface area contributed by atoms with E-state index in [1.54, 1.807) is 0 Å². The Morgan fingerprint density at radius 1 is 1.21 bits per heavy atom. The van der Waals surface area contributed by atoms with Gasteiger partial charge in [0, 0.05) is 34.7 Å². The summed E-state index contributed by atoms with van der Waals surface area (Å²) in [7, 11) is 4.11. The van der Waals surface area contributed by atoms with Gasteiger partial charge in [-0.25, -0.2) is 4.79 Å². The minimum absolute atomic E-state index is 0.181. The lowest BCUT2D eigenvalue weighted by atomic mass is 9.92. The van der Waals surface area contributed by atoms with Crippen LogP contribution in [-0.2, 0) is 11.2 Å². The van der Waals surface area contributed by atoms with Crippen LogP contribution in [0.3, 0.4) is 0 Å². The highest BCUT2D eigenvalue weighted by Crippen LogP contribution is 2.39. The molecular weight excluding hydrogens is 438 g/mol. The van der Waals surface area contributed by atoms with Crippen molar-refractivity contribution >= 4 is 28.6 Å². The van der Waals surface area contributed by atoms with Gasteiger partial charge in [-0.15, -0.1) is 0 Å². The number of nitrogens with zero attached hydrogens (tertiary/aromatic N) is 2. The lowest BCUT2D eigenvalue weighted by Gasteiger charge is -2.36. The second-order valence-electron chi connectivity index (χ2n) is 9.06. The van der Waals surface area contributed by atoms with Crippen molar-refractivity contribution in [1.82, 2.24) is 14.8 Å². The largest absolute Gasteiger partial charge is 0.494 e. The van der Waals surface area contributed by atoms with E-state index in [0.29, 0.717) is 18.2 Å². The highest BCUT2D eigenvalue weighted by atomic mass is 35.5. The third-order valence-electron chi connectivity index (χ3n) is 5.87. The second kappa shape index (κ2) is 10.1. The Labute approximate surface area is 200 Å². The number of nitrogens with one attached hydrogen (secondary N) is 1. The van der Waals surface area contributed by atoms with Crippen LogP contribution >= 0.6 is 11.6 Å². The molecule has 1 aliphatic rings. The number of fused-ring (bicyclic) bond motifs is 3. The molecule has 33 heavy (non-hydrogen) atoms. The maximum absolute atomic E-state index is 13.0. The molecule has 176 valence electrons. The van der Waals surface area contributed by atoms with Gasteiger partial charge in [0.15, 0.2) is 0 Å². The van der Waals surface area contributed by atoms with Gasteiger partial charge >= 0.3 is 6.09 Å². The number of benzene rings is 2. The Bertz CT molecular complexity index is 1110. The van der Waals surface area contributed by atoms with Gasteiger partial charge in [0.1, 0.15) is 11.8 Å². The summed E-state index contributed by atoms with van der Waals surface area (Å²) in [6.45, 7) is 5.97. The zero-order valence-corrected chi connectivity index (χ0v) is 20.5. The Morgan fingerprint density at radius 3 is 2.67 bits per heavy atom. The maximum atomic E-state index is 13.0. The van der Waals surface area contributed by atoms with E-state index in [-0.39, 0.29) is 18.2 Å². The molecule has 1 atom stereocenters. The highest BCUT2D eigenvalue weighted by Gasteiger charge is 2.35. The zero-order valence-electron chi connectivity index (χ0n) is 19.7. The molecule has 3 aromatic rings. The predicted octanol–water partition coefficient (Wildman–Crippen LogP) is 5.64. The minimum atomic E-state index is -0.304. The number of hydrogen-bond acceptors (Lipinski definition) is 4. The van der Waals surface area contributed by atoms with E-state index in [2.05, 4.69) is 24.0 Å². The van der Waals surface area contributed by atoms with Crippen LogP contribution in [0.15, 0.2) is 42.5 Å². The van der Waals surface area contributed by atoms with Crippen molar-refractivity contribution in [2.24, 2.45) is 0 Å². The van der Waals surface area contributed by atoms with Crippen LogP contribution in [0, 0.1) is 0 Å². The summed E-state index contributed by atoms with van der Waals surface area (Å²) in [6.07, 6.45) is 1.22. The van der Waals surface area contributed by atoms with Gasteiger partial charge in [-0.1, -0.05) is 23.7 Å². The van der Waals surface area contributed by atoms with Crippen LogP contribution in [0.4, 0.5) is 4.79 Å². The normalized spacial score (nSPS) is 15.8. The van der Waals surface area contributed by atoms with Crippen molar-refractivity contribution in [3.63, 3.8) is 0 Å². The van der Waals surface area contributed by atoms with Crippen molar-refractivity contribution in [3.05, 3.63) is 64.3 Å². The number of hydrogen-bond donors (Lipinski definition) is 1. The summed E-state index contributed by atoms with van der Waals surface area (Å²) in [4.78, 5) is 20.5. The van der Waals surface area contributed by atoms with Gasteiger partial charge in [0.2, 0.25) is 0 Å². The Morgan fingerprint density at radius 2 is 1.97 bits per heavy atom. The molecular formula is C26H32ClN3O3. The van der Waals surface area contributed by atoms with Crippen LogP contribution in [0.25, 0.3) is 10.9 Å². The maximum Gasteiger partial charge on any atom is 0.410 e. The molecule has 0 bridgehead atoms. The Hall–Kier alpha value is -2.70. The quantitative estimate of drug-likeness (QED) is 0.454. The first kappa shape index (κ1) is 23.5. The van der Waals surface area contributed by atoms with Gasteiger partial charge in [0.05, 0.1) is 12.7 Å². The molecule has 6 nitrogen and oxygen atoms in total. The average molecular weight is 470 g/mol. The number of aromatic nitrogens is 1. The van der Waals surface area contributed by atoms with E-state index in [1.165, 1.54) is 5.56 Å². The third-order valence-corrected chi connectivity index (χ3v) is 6.11.